The Morgan fingerprint density at radius 3 is 2.42 bits per heavy atom. The van der Waals surface area contributed by atoms with E-state index in [0.717, 1.165) is 16.8 Å². The molecule has 96 valence electrons. The zero-order valence-corrected chi connectivity index (χ0v) is 10.6. The minimum atomic E-state index is -0.0483. The molecule has 19 heavy (non-hydrogen) atoms. The summed E-state index contributed by atoms with van der Waals surface area (Å²) in [6.45, 7) is 0.608. The van der Waals surface area contributed by atoms with Gasteiger partial charge in [0.2, 0.25) is 5.91 Å². The van der Waals surface area contributed by atoms with Crippen LogP contribution in [-0.4, -0.2) is 18.5 Å². The number of carbonyl (C=O) groups excluding carboxylic acids is 1. The fraction of sp³-hybridized carbons (Fsp3) is 0.188. The summed E-state index contributed by atoms with van der Waals surface area (Å²) in [7, 11) is 0. The minimum absolute atomic E-state index is 0.0483. The van der Waals surface area contributed by atoms with Crippen LogP contribution < -0.4 is 10.6 Å². The summed E-state index contributed by atoms with van der Waals surface area (Å²) in [6, 6.07) is 18.1. The Morgan fingerprint density at radius 1 is 1.00 bits per heavy atom. The van der Waals surface area contributed by atoms with Crippen molar-refractivity contribution in [2.24, 2.45) is 5.73 Å². The van der Waals surface area contributed by atoms with Gasteiger partial charge >= 0.3 is 0 Å². The van der Waals surface area contributed by atoms with Crippen LogP contribution in [0.15, 0.2) is 54.6 Å². The fourth-order valence-corrected chi connectivity index (χ4v) is 2.47. The number of carbonyl (C=O) groups is 1. The molecule has 1 aliphatic heterocycles. The number of rotatable bonds is 2. The smallest absolute Gasteiger partial charge is 0.228 e. The Kier molecular flexibility index (Phi) is 3.05. The average Bonchev–Trinajstić information content (AvgIpc) is 2.79. The van der Waals surface area contributed by atoms with Gasteiger partial charge in [0, 0.05) is 24.7 Å². The average molecular weight is 252 g/mol. The van der Waals surface area contributed by atoms with E-state index in [2.05, 4.69) is 18.2 Å². The van der Waals surface area contributed by atoms with E-state index in [1.165, 1.54) is 0 Å². The Bertz CT molecular complexity index is 595. The summed E-state index contributed by atoms with van der Waals surface area (Å²) in [6.07, 6.45) is 0.440. The monoisotopic (exact) mass is 252 g/mol. The molecule has 0 spiro atoms. The van der Waals surface area contributed by atoms with Gasteiger partial charge in [0.25, 0.3) is 0 Å². The maximum absolute atomic E-state index is 11.9. The first-order chi connectivity index (χ1) is 9.24. The van der Waals surface area contributed by atoms with Crippen molar-refractivity contribution in [1.82, 2.24) is 0 Å². The number of hydrogen-bond donors (Lipinski definition) is 1. The van der Waals surface area contributed by atoms with Crippen molar-refractivity contribution in [2.45, 2.75) is 12.5 Å². The third-order valence-electron chi connectivity index (χ3n) is 3.42. The second-order valence-electron chi connectivity index (χ2n) is 4.88. The van der Waals surface area contributed by atoms with Crippen molar-refractivity contribution in [3.8, 4) is 11.1 Å². The number of hydrogen-bond acceptors (Lipinski definition) is 2. The van der Waals surface area contributed by atoms with Gasteiger partial charge in [-0.1, -0.05) is 42.5 Å². The highest BCUT2D eigenvalue weighted by atomic mass is 16.2. The van der Waals surface area contributed by atoms with Gasteiger partial charge in [-0.05, 0) is 23.3 Å². The van der Waals surface area contributed by atoms with Crippen LogP contribution >= 0.6 is 0 Å². The molecule has 1 heterocycles. The second-order valence-corrected chi connectivity index (χ2v) is 4.88. The predicted molar refractivity (Wildman–Crippen MR) is 76.8 cm³/mol. The van der Waals surface area contributed by atoms with Crippen molar-refractivity contribution < 1.29 is 4.79 Å². The van der Waals surface area contributed by atoms with Crippen LogP contribution in [0.5, 0.6) is 0 Å². The summed E-state index contributed by atoms with van der Waals surface area (Å²) < 4.78 is 0. The fourth-order valence-electron chi connectivity index (χ4n) is 2.47. The zero-order valence-electron chi connectivity index (χ0n) is 10.6. The van der Waals surface area contributed by atoms with Crippen molar-refractivity contribution in [1.29, 1.82) is 0 Å². The Morgan fingerprint density at radius 2 is 1.74 bits per heavy atom. The largest absolute Gasteiger partial charge is 0.326 e. The zero-order chi connectivity index (χ0) is 13.2. The lowest BCUT2D eigenvalue weighted by Gasteiger charge is -2.17. The molecule has 1 amide bonds. The molecule has 1 aliphatic rings. The molecule has 3 rings (SSSR count). The maximum Gasteiger partial charge on any atom is 0.228 e. The molecule has 1 atom stereocenters. The molecule has 1 fully saturated rings. The first kappa shape index (κ1) is 11.9. The lowest BCUT2D eigenvalue weighted by molar-refractivity contribution is -0.117. The SMILES string of the molecule is NC1CC(=O)N(c2cccc(-c3ccccc3)c2)C1. The minimum Gasteiger partial charge on any atom is -0.326 e. The van der Waals surface area contributed by atoms with E-state index in [0.29, 0.717) is 13.0 Å². The third kappa shape index (κ3) is 2.37. The molecule has 3 nitrogen and oxygen atoms in total. The van der Waals surface area contributed by atoms with Gasteiger partial charge in [0.1, 0.15) is 0 Å². The molecule has 2 aromatic rings. The maximum atomic E-state index is 11.9. The van der Waals surface area contributed by atoms with E-state index in [4.69, 9.17) is 5.73 Å². The molecular formula is C16H16N2O. The summed E-state index contributed by atoms with van der Waals surface area (Å²) in [5, 5.41) is 0. The molecule has 0 aliphatic carbocycles. The molecule has 0 aromatic heterocycles. The standard InChI is InChI=1S/C16H16N2O/c17-14-10-16(19)18(11-14)15-8-4-7-13(9-15)12-5-2-1-3-6-12/h1-9,14H,10-11,17H2. The van der Waals surface area contributed by atoms with Crippen LogP contribution in [0.2, 0.25) is 0 Å². The Balaban J connectivity index is 1.95. The van der Waals surface area contributed by atoms with Gasteiger partial charge in [-0.3, -0.25) is 4.79 Å². The van der Waals surface area contributed by atoms with E-state index in [1.807, 2.05) is 36.4 Å². The molecule has 3 heteroatoms. The van der Waals surface area contributed by atoms with Gasteiger partial charge in [-0.2, -0.15) is 0 Å². The quantitative estimate of drug-likeness (QED) is 0.892. The molecule has 0 saturated carbocycles. The van der Waals surface area contributed by atoms with E-state index >= 15 is 0 Å². The summed E-state index contributed by atoms with van der Waals surface area (Å²) in [5.74, 6) is 0.109. The lowest BCUT2D eigenvalue weighted by atomic mass is 10.1. The van der Waals surface area contributed by atoms with Gasteiger partial charge < -0.3 is 10.6 Å². The lowest BCUT2D eigenvalue weighted by Crippen LogP contribution is -2.27. The molecule has 0 bridgehead atoms. The van der Waals surface area contributed by atoms with Crippen molar-refractivity contribution in [3.63, 3.8) is 0 Å². The highest BCUT2D eigenvalue weighted by Gasteiger charge is 2.27. The van der Waals surface area contributed by atoms with E-state index in [1.54, 1.807) is 4.90 Å². The summed E-state index contributed by atoms with van der Waals surface area (Å²) >= 11 is 0. The van der Waals surface area contributed by atoms with E-state index in [-0.39, 0.29) is 11.9 Å². The number of benzene rings is 2. The van der Waals surface area contributed by atoms with Crippen LogP contribution in [0.3, 0.4) is 0 Å². The molecule has 0 radical (unpaired) electrons. The molecule has 2 N–H and O–H groups in total. The van der Waals surface area contributed by atoms with Crippen LogP contribution in [0.1, 0.15) is 6.42 Å². The van der Waals surface area contributed by atoms with Crippen molar-refractivity contribution in [2.75, 3.05) is 11.4 Å². The van der Waals surface area contributed by atoms with Gasteiger partial charge in [0.05, 0.1) is 0 Å². The molecule has 1 saturated heterocycles. The number of nitrogens with zero attached hydrogens (tertiary/aromatic N) is 1. The third-order valence-corrected chi connectivity index (χ3v) is 3.42. The normalized spacial score (nSPS) is 18.9. The first-order valence-electron chi connectivity index (χ1n) is 6.45. The van der Waals surface area contributed by atoms with E-state index in [9.17, 15) is 4.79 Å². The van der Waals surface area contributed by atoms with Crippen molar-refractivity contribution in [3.05, 3.63) is 54.6 Å². The van der Waals surface area contributed by atoms with Crippen molar-refractivity contribution >= 4 is 11.6 Å². The second kappa shape index (κ2) is 4.86. The topological polar surface area (TPSA) is 46.3 Å². The molecule has 2 aromatic carbocycles. The first-order valence-corrected chi connectivity index (χ1v) is 6.45. The van der Waals surface area contributed by atoms with E-state index < -0.39 is 0 Å². The van der Waals surface area contributed by atoms with Crippen LogP contribution in [-0.2, 0) is 4.79 Å². The van der Waals surface area contributed by atoms with Gasteiger partial charge in [-0.25, -0.2) is 0 Å². The number of anilines is 1. The summed E-state index contributed by atoms with van der Waals surface area (Å²) in [5.41, 5.74) is 9.04. The number of amides is 1. The van der Waals surface area contributed by atoms with Crippen LogP contribution in [0.25, 0.3) is 11.1 Å². The molecule has 1 unspecified atom stereocenters. The van der Waals surface area contributed by atoms with Gasteiger partial charge in [-0.15, -0.1) is 0 Å². The predicted octanol–water partition coefficient (Wildman–Crippen LogP) is 2.42. The van der Waals surface area contributed by atoms with Gasteiger partial charge in [0.15, 0.2) is 0 Å². The number of nitrogens with two attached hydrogens (primary N) is 1. The highest BCUT2D eigenvalue weighted by molar-refractivity contribution is 5.96. The molecular weight excluding hydrogens is 236 g/mol. The van der Waals surface area contributed by atoms with Crippen LogP contribution in [0, 0.1) is 0 Å². The van der Waals surface area contributed by atoms with Crippen LogP contribution in [0.4, 0.5) is 5.69 Å². The summed E-state index contributed by atoms with van der Waals surface area (Å²) in [4.78, 5) is 13.7. The highest BCUT2D eigenvalue weighted by Crippen LogP contribution is 2.27. The Hall–Kier alpha value is -2.13. The Labute approximate surface area is 112 Å².